The molecule has 0 radical (unpaired) electrons. The topological polar surface area (TPSA) is 9.23 Å². The van der Waals surface area contributed by atoms with Crippen LogP contribution in [0, 0.1) is 0 Å². The van der Waals surface area contributed by atoms with Gasteiger partial charge in [-0.15, -0.1) is 0 Å². The van der Waals surface area contributed by atoms with Crippen molar-refractivity contribution in [2.45, 2.75) is 65.0 Å². The molecule has 88 valence electrons. The lowest BCUT2D eigenvalue weighted by atomic mass is 9.36. The second-order valence-electron chi connectivity index (χ2n) is 4.44. The molecule has 0 unspecified atom stereocenters. The Morgan fingerprint density at radius 2 is 1.33 bits per heavy atom. The van der Waals surface area contributed by atoms with Crippen molar-refractivity contribution in [1.82, 2.24) is 0 Å². The van der Waals surface area contributed by atoms with Crippen molar-refractivity contribution in [3.8, 4) is 0 Å². The van der Waals surface area contributed by atoms with Gasteiger partial charge in [0.2, 0.25) is 0 Å². The van der Waals surface area contributed by atoms with Gasteiger partial charge in [0.15, 0.2) is 0 Å². The first-order chi connectivity index (χ1) is 7.41. The van der Waals surface area contributed by atoms with Crippen molar-refractivity contribution in [1.29, 1.82) is 0 Å². The van der Waals surface area contributed by atoms with Crippen LogP contribution in [-0.4, -0.2) is 27.6 Å². The molecule has 0 aromatic heterocycles. The Morgan fingerprint density at radius 1 is 0.733 bits per heavy atom. The minimum Gasteiger partial charge on any atom is -0.381 e. The van der Waals surface area contributed by atoms with E-state index in [0.717, 1.165) is 13.2 Å². The molecule has 0 amide bonds. The molecule has 0 aromatic carbocycles. The molecule has 0 rings (SSSR count). The van der Waals surface area contributed by atoms with Gasteiger partial charge in [0.1, 0.15) is 0 Å². The van der Waals surface area contributed by atoms with E-state index in [1.165, 1.54) is 65.5 Å². The monoisotopic (exact) mass is 210 g/mol. The Bertz CT molecular complexity index is 97.8. The molecule has 0 aliphatic rings. The van der Waals surface area contributed by atoms with E-state index >= 15 is 0 Å². The number of ether oxygens (including phenoxy) is 1. The van der Waals surface area contributed by atoms with Gasteiger partial charge in [-0.05, 0) is 12.8 Å². The average Bonchev–Trinajstić information content (AvgIpc) is 2.26. The molecule has 0 aliphatic heterocycles. The van der Waals surface area contributed by atoms with E-state index in [1.54, 1.807) is 0 Å². The summed E-state index contributed by atoms with van der Waals surface area (Å²) in [6.07, 6.45) is 10.7. The van der Waals surface area contributed by atoms with Gasteiger partial charge in [0, 0.05) is 13.2 Å². The molecular weight excluding hydrogens is 182 g/mol. The summed E-state index contributed by atoms with van der Waals surface area (Å²) in [4.78, 5) is 0. The molecule has 0 aliphatic carbocycles. The maximum atomic E-state index is 5.52. The van der Waals surface area contributed by atoms with Crippen molar-refractivity contribution in [2.75, 3.05) is 13.2 Å². The molecule has 0 bridgehead atoms. The van der Waals surface area contributed by atoms with Crippen LogP contribution in [0.25, 0.3) is 0 Å². The Hall–Kier alpha value is 0.0899. The summed E-state index contributed by atoms with van der Waals surface area (Å²) >= 11 is 0. The minimum atomic E-state index is 0.965. The molecule has 15 heavy (non-hydrogen) atoms. The fraction of sp³-hybridized carbons (Fsp3) is 1.00. The number of hydrogen-bond acceptors (Lipinski definition) is 1. The van der Waals surface area contributed by atoms with E-state index < -0.39 is 0 Å². The second-order valence-corrected chi connectivity index (χ2v) is 4.44. The summed E-state index contributed by atoms with van der Waals surface area (Å²) in [6.45, 7) is 6.43. The van der Waals surface area contributed by atoms with Crippen LogP contribution >= 0.6 is 0 Å². The first kappa shape index (κ1) is 15.1. The van der Waals surface area contributed by atoms with Crippen LogP contribution < -0.4 is 0 Å². The van der Waals surface area contributed by atoms with E-state index in [1.807, 2.05) is 0 Å². The average molecular weight is 210 g/mol. The highest BCUT2D eigenvalue weighted by Gasteiger charge is 1.94. The Labute approximate surface area is 97.8 Å². The normalized spacial score (nSPS) is 10.3. The fourth-order valence-electron chi connectivity index (χ4n) is 1.69. The quantitative estimate of drug-likeness (QED) is 0.355. The van der Waals surface area contributed by atoms with Gasteiger partial charge in [-0.3, -0.25) is 0 Å². The highest BCUT2D eigenvalue weighted by molar-refractivity contribution is 7.00. The van der Waals surface area contributed by atoms with Gasteiger partial charge in [-0.2, -0.15) is 0 Å². The first-order valence-corrected chi connectivity index (χ1v) is 6.99. The molecular formula is C12H28B2O. The Kier molecular flexibility index (Phi) is 14.2. The lowest BCUT2D eigenvalue weighted by molar-refractivity contribution is 0.128. The summed E-state index contributed by atoms with van der Waals surface area (Å²) in [5, 5.41) is 0. The molecule has 0 saturated carbocycles. The summed E-state index contributed by atoms with van der Waals surface area (Å²) < 4.78 is 5.52. The smallest absolute Gasteiger partial charge is 0.0865 e. The SMILES string of the molecule is CCCCBBCCCCOCCCC. The fourth-order valence-corrected chi connectivity index (χ4v) is 1.69. The van der Waals surface area contributed by atoms with Gasteiger partial charge in [0.05, 0.1) is 14.3 Å². The van der Waals surface area contributed by atoms with E-state index in [0.29, 0.717) is 0 Å². The molecule has 0 atom stereocenters. The maximum absolute atomic E-state index is 5.52. The zero-order valence-electron chi connectivity index (χ0n) is 10.9. The Balaban J connectivity index is 2.81. The molecule has 0 aromatic rings. The summed E-state index contributed by atoms with van der Waals surface area (Å²) in [5.74, 6) is 0. The number of unbranched alkanes of at least 4 members (excludes halogenated alkanes) is 3. The van der Waals surface area contributed by atoms with Gasteiger partial charge in [-0.25, -0.2) is 0 Å². The Morgan fingerprint density at radius 3 is 2.00 bits per heavy atom. The third-order valence-corrected chi connectivity index (χ3v) is 2.78. The zero-order valence-corrected chi connectivity index (χ0v) is 10.9. The van der Waals surface area contributed by atoms with Gasteiger partial charge >= 0.3 is 0 Å². The third-order valence-electron chi connectivity index (χ3n) is 2.78. The molecule has 0 spiro atoms. The third kappa shape index (κ3) is 14.1. The van der Waals surface area contributed by atoms with Crippen molar-refractivity contribution >= 4 is 14.3 Å². The second kappa shape index (κ2) is 14.1. The van der Waals surface area contributed by atoms with Crippen LogP contribution in [0.1, 0.15) is 52.4 Å². The van der Waals surface area contributed by atoms with Crippen LogP contribution in [-0.2, 0) is 4.74 Å². The molecule has 0 N–H and O–H groups in total. The molecule has 0 fully saturated rings. The van der Waals surface area contributed by atoms with Crippen molar-refractivity contribution < 1.29 is 4.74 Å². The van der Waals surface area contributed by atoms with E-state index in [2.05, 4.69) is 13.8 Å². The van der Waals surface area contributed by atoms with Crippen LogP contribution in [0.2, 0.25) is 12.6 Å². The predicted molar refractivity (Wildman–Crippen MR) is 73.8 cm³/mol. The number of rotatable bonds is 12. The van der Waals surface area contributed by atoms with Crippen LogP contribution in [0.15, 0.2) is 0 Å². The van der Waals surface area contributed by atoms with E-state index in [9.17, 15) is 0 Å². The zero-order chi connectivity index (χ0) is 11.2. The standard InChI is InChI=1S/C12H28B2O/c1-3-5-9-13-14-10-7-8-12-15-11-6-4-2/h13-14H,3-12H2,1-2H3. The van der Waals surface area contributed by atoms with Crippen LogP contribution in [0.3, 0.4) is 0 Å². The van der Waals surface area contributed by atoms with Crippen LogP contribution in [0.5, 0.6) is 0 Å². The number of hydrogen-bond donors (Lipinski definition) is 0. The summed E-state index contributed by atoms with van der Waals surface area (Å²) in [6, 6.07) is 0. The highest BCUT2D eigenvalue weighted by Crippen LogP contribution is 1.99. The predicted octanol–water partition coefficient (Wildman–Crippen LogP) is 3.01. The summed E-state index contributed by atoms with van der Waals surface area (Å²) in [5.41, 5.74) is 0. The van der Waals surface area contributed by atoms with Crippen LogP contribution in [0.4, 0.5) is 0 Å². The minimum absolute atomic E-state index is 0.965. The van der Waals surface area contributed by atoms with Crippen molar-refractivity contribution in [3.05, 3.63) is 0 Å². The maximum Gasteiger partial charge on any atom is 0.0865 e. The lowest BCUT2D eigenvalue weighted by Gasteiger charge is -2.02. The van der Waals surface area contributed by atoms with Gasteiger partial charge in [0.25, 0.3) is 0 Å². The largest absolute Gasteiger partial charge is 0.381 e. The highest BCUT2D eigenvalue weighted by atomic mass is 16.5. The van der Waals surface area contributed by atoms with Gasteiger partial charge < -0.3 is 4.74 Å². The van der Waals surface area contributed by atoms with Crippen molar-refractivity contribution in [2.24, 2.45) is 0 Å². The first-order valence-electron chi connectivity index (χ1n) is 6.99. The molecule has 3 heteroatoms. The van der Waals surface area contributed by atoms with E-state index in [4.69, 9.17) is 4.74 Å². The lowest BCUT2D eigenvalue weighted by Crippen LogP contribution is -2.03. The molecule has 1 nitrogen and oxygen atoms in total. The van der Waals surface area contributed by atoms with Gasteiger partial charge in [-0.1, -0.05) is 52.2 Å². The van der Waals surface area contributed by atoms with Crippen molar-refractivity contribution in [3.63, 3.8) is 0 Å². The molecule has 0 heterocycles. The summed E-state index contributed by atoms with van der Waals surface area (Å²) in [7, 11) is 2.86. The molecule has 0 saturated heterocycles. The van der Waals surface area contributed by atoms with E-state index in [-0.39, 0.29) is 0 Å².